The fourth-order valence-corrected chi connectivity index (χ4v) is 5.62. The highest BCUT2D eigenvalue weighted by atomic mass is 32.2. The third-order valence-corrected chi connectivity index (χ3v) is 8.02. The highest BCUT2D eigenvalue weighted by Gasteiger charge is 2.33. The van der Waals surface area contributed by atoms with Gasteiger partial charge in [-0.3, -0.25) is 13.9 Å². The zero-order chi connectivity index (χ0) is 27.9. The number of ether oxygens (including phenoxy) is 2. The van der Waals surface area contributed by atoms with Gasteiger partial charge in [-0.15, -0.1) is 0 Å². The van der Waals surface area contributed by atoms with E-state index in [1.165, 1.54) is 19.1 Å². The zero-order valence-electron chi connectivity index (χ0n) is 22.9. The number of nitrogens with one attached hydrogen (secondary N) is 1. The molecule has 0 bridgehead atoms. The van der Waals surface area contributed by atoms with Crippen LogP contribution in [0.2, 0.25) is 0 Å². The molecule has 38 heavy (non-hydrogen) atoms. The van der Waals surface area contributed by atoms with Gasteiger partial charge in [-0.05, 0) is 43.9 Å². The summed E-state index contributed by atoms with van der Waals surface area (Å²) in [5, 5.41) is 3.11. The first-order chi connectivity index (χ1) is 18.1. The average molecular weight is 546 g/mol. The van der Waals surface area contributed by atoms with E-state index >= 15 is 0 Å². The monoisotopic (exact) mass is 545 g/mol. The SMILES string of the molecule is CC[C@H](C(=O)NC1CCCC1)N(Cc1ccc(C)cc1)C(=O)CN(c1ccc(OC)cc1OC)S(C)(=O)=O. The minimum Gasteiger partial charge on any atom is -0.497 e. The zero-order valence-corrected chi connectivity index (χ0v) is 23.7. The van der Waals surface area contributed by atoms with Gasteiger partial charge in [0.1, 0.15) is 24.1 Å². The van der Waals surface area contributed by atoms with Crippen LogP contribution in [0.15, 0.2) is 42.5 Å². The van der Waals surface area contributed by atoms with Crippen molar-refractivity contribution < 1.29 is 27.5 Å². The Balaban J connectivity index is 1.96. The number of methoxy groups -OCH3 is 2. The predicted molar refractivity (Wildman–Crippen MR) is 148 cm³/mol. The highest BCUT2D eigenvalue weighted by molar-refractivity contribution is 7.92. The van der Waals surface area contributed by atoms with Crippen LogP contribution in [-0.4, -0.2) is 64.2 Å². The van der Waals surface area contributed by atoms with E-state index in [0.717, 1.165) is 47.4 Å². The Hall–Kier alpha value is -3.27. The molecule has 0 heterocycles. The van der Waals surface area contributed by atoms with Gasteiger partial charge in [-0.2, -0.15) is 0 Å². The third-order valence-electron chi connectivity index (χ3n) is 6.90. The van der Waals surface area contributed by atoms with E-state index in [9.17, 15) is 18.0 Å². The summed E-state index contributed by atoms with van der Waals surface area (Å²) in [7, 11) is -0.966. The van der Waals surface area contributed by atoms with Crippen LogP contribution < -0.4 is 19.1 Å². The maximum Gasteiger partial charge on any atom is 0.244 e. The molecule has 0 saturated heterocycles. The molecule has 10 heteroatoms. The van der Waals surface area contributed by atoms with Crippen LogP contribution in [0.25, 0.3) is 0 Å². The van der Waals surface area contributed by atoms with Crippen molar-refractivity contribution in [1.29, 1.82) is 0 Å². The number of sulfonamides is 1. The quantitative estimate of drug-likeness (QED) is 0.437. The molecule has 2 aromatic carbocycles. The number of nitrogens with zero attached hydrogens (tertiary/aromatic N) is 2. The van der Waals surface area contributed by atoms with Crippen molar-refractivity contribution in [3.05, 3.63) is 53.6 Å². The smallest absolute Gasteiger partial charge is 0.244 e. The fraction of sp³-hybridized carbons (Fsp3) is 0.500. The Bertz CT molecular complexity index is 1210. The number of carbonyl (C=O) groups excluding carboxylic acids is 2. The Labute approximate surface area is 226 Å². The summed E-state index contributed by atoms with van der Waals surface area (Å²) in [6, 6.07) is 11.8. The molecule has 1 fully saturated rings. The van der Waals surface area contributed by atoms with Crippen molar-refractivity contribution in [3.8, 4) is 11.5 Å². The predicted octanol–water partition coefficient (Wildman–Crippen LogP) is 3.64. The summed E-state index contributed by atoms with van der Waals surface area (Å²) >= 11 is 0. The molecule has 0 aromatic heterocycles. The molecule has 208 valence electrons. The lowest BCUT2D eigenvalue weighted by atomic mass is 10.1. The standard InChI is InChI=1S/C28H39N3O6S/c1-6-24(28(33)29-22-9-7-8-10-22)30(18-21-13-11-20(2)12-14-21)27(32)19-31(38(5,34)35)25-16-15-23(36-3)17-26(25)37-4/h11-17,22,24H,6-10,18-19H2,1-5H3,(H,29,33)/t24-/m1/s1. The fourth-order valence-electron chi connectivity index (χ4n) is 4.76. The van der Waals surface area contributed by atoms with Crippen molar-refractivity contribution in [1.82, 2.24) is 10.2 Å². The van der Waals surface area contributed by atoms with Crippen molar-refractivity contribution in [2.45, 2.75) is 64.6 Å². The van der Waals surface area contributed by atoms with E-state index in [1.54, 1.807) is 18.2 Å². The summed E-state index contributed by atoms with van der Waals surface area (Å²) in [4.78, 5) is 28.7. The molecule has 1 aliphatic rings. The molecule has 0 aliphatic heterocycles. The van der Waals surface area contributed by atoms with Crippen molar-refractivity contribution in [2.75, 3.05) is 31.3 Å². The summed E-state index contributed by atoms with van der Waals surface area (Å²) in [6.45, 7) is 3.52. The van der Waals surface area contributed by atoms with Gasteiger partial charge in [0.05, 0.1) is 26.2 Å². The minimum absolute atomic E-state index is 0.101. The van der Waals surface area contributed by atoms with Gasteiger partial charge in [0.2, 0.25) is 21.8 Å². The van der Waals surface area contributed by atoms with Gasteiger partial charge in [-0.25, -0.2) is 8.42 Å². The number of aryl methyl sites for hydroxylation is 1. The normalized spacial score (nSPS) is 14.6. The van der Waals surface area contributed by atoms with Gasteiger partial charge >= 0.3 is 0 Å². The molecule has 0 unspecified atom stereocenters. The molecule has 2 aromatic rings. The molecular weight excluding hydrogens is 506 g/mol. The molecule has 2 amide bonds. The summed E-state index contributed by atoms with van der Waals surface area (Å²) in [6.07, 6.45) is 5.42. The molecule has 3 rings (SSSR count). The Morgan fingerprint density at radius 2 is 1.71 bits per heavy atom. The average Bonchev–Trinajstić information content (AvgIpc) is 3.40. The maximum atomic E-state index is 13.9. The lowest BCUT2D eigenvalue weighted by Gasteiger charge is -2.33. The number of hydrogen-bond donors (Lipinski definition) is 1. The van der Waals surface area contributed by atoms with E-state index in [0.29, 0.717) is 12.2 Å². The molecule has 1 atom stereocenters. The van der Waals surface area contributed by atoms with Crippen LogP contribution in [0.1, 0.15) is 50.2 Å². The van der Waals surface area contributed by atoms with Gasteiger partial charge in [0.25, 0.3) is 0 Å². The second-order valence-corrected chi connectivity index (χ2v) is 11.6. The van der Waals surface area contributed by atoms with Gasteiger partial charge in [-0.1, -0.05) is 49.6 Å². The number of anilines is 1. The Kier molecular flexibility index (Phi) is 10.0. The number of carbonyl (C=O) groups is 2. The van der Waals surface area contributed by atoms with Crippen LogP contribution in [0.5, 0.6) is 11.5 Å². The molecule has 0 spiro atoms. The first-order valence-electron chi connectivity index (χ1n) is 12.9. The van der Waals surface area contributed by atoms with E-state index in [1.807, 2.05) is 38.1 Å². The Morgan fingerprint density at radius 3 is 2.26 bits per heavy atom. The first kappa shape index (κ1) is 29.3. The van der Waals surface area contributed by atoms with Crippen LogP contribution in [0.4, 0.5) is 5.69 Å². The molecule has 9 nitrogen and oxygen atoms in total. The van der Waals surface area contributed by atoms with Crippen molar-refractivity contribution in [2.24, 2.45) is 0 Å². The molecule has 0 radical (unpaired) electrons. The van der Waals surface area contributed by atoms with Gasteiger partial charge in [0.15, 0.2) is 0 Å². The van der Waals surface area contributed by atoms with E-state index in [4.69, 9.17) is 9.47 Å². The molecular formula is C28H39N3O6S. The van der Waals surface area contributed by atoms with Gasteiger partial charge < -0.3 is 19.7 Å². The number of amides is 2. The van der Waals surface area contributed by atoms with Crippen LogP contribution in [0.3, 0.4) is 0 Å². The Morgan fingerprint density at radius 1 is 1.05 bits per heavy atom. The number of hydrogen-bond acceptors (Lipinski definition) is 6. The summed E-state index contributed by atoms with van der Waals surface area (Å²) < 4.78 is 37.5. The summed E-state index contributed by atoms with van der Waals surface area (Å²) in [5.41, 5.74) is 2.14. The third kappa shape index (κ3) is 7.40. The van der Waals surface area contributed by atoms with Crippen molar-refractivity contribution in [3.63, 3.8) is 0 Å². The van der Waals surface area contributed by atoms with Crippen LogP contribution >= 0.6 is 0 Å². The highest BCUT2D eigenvalue weighted by Crippen LogP contribution is 2.34. The second-order valence-electron chi connectivity index (χ2n) is 9.73. The van der Waals surface area contributed by atoms with Crippen LogP contribution in [0, 0.1) is 6.92 Å². The molecule has 1 saturated carbocycles. The maximum absolute atomic E-state index is 13.9. The summed E-state index contributed by atoms with van der Waals surface area (Å²) in [5.74, 6) is 0.0368. The molecule has 1 aliphatic carbocycles. The molecule has 1 N–H and O–H groups in total. The second kappa shape index (κ2) is 13.0. The van der Waals surface area contributed by atoms with Gasteiger partial charge in [0, 0.05) is 18.7 Å². The topological polar surface area (TPSA) is 105 Å². The number of benzene rings is 2. The van der Waals surface area contributed by atoms with E-state index in [2.05, 4.69) is 5.32 Å². The first-order valence-corrected chi connectivity index (χ1v) is 14.8. The lowest BCUT2D eigenvalue weighted by Crippen LogP contribution is -2.53. The van der Waals surface area contributed by atoms with Crippen LogP contribution in [-0.2, 0) is 26.2 Å². The van der Waals surface area contributed by atoms with E-state index in [-0.39, 0.29) is 29.9 Å². The minimum atomic E-state index is -3.88. The van der Waals surface area contributed by atoms with Crippen molar-refractivity contribution >= 4 is 27.5 Å². The number of rotatable bonds is 12. The van der Waals surface area contributed by atoms with E-state index < -0.39 is 28.5 Å². The lowest BCUT2D eigenvalue weighted by molar-refractivity contribution is -0.140. The largest absolute Gasteiger partial charge is 0.497 e.